The molecule has 0 heteroatoms. The molecule has 0 aliphatic heterocycles. The van der Waals surface area contributed by atoms with Crippen LogP contribution in [0.2, 0.25) is 0 Å². The van der Waals surface area contributed by atoms with E-state index in [1.165, 1.54) is 55.3 Å². The summed E-state index contributed by atoms with van der Waals surface area (Å²) in [5, 5.41) is 2.70. The SMILES string of the molecule is CC1(C)c2ccccc2-c2cc3c(cc21)-c1c(ccc2ccccc12)C3(C)C. The highest BCUT2D eigenvalue weighted by Crippen LogP contribution is 2.57. The van der Waals surface area contributed by atoms with Gasteiger partial charge in [-0.1, -0.05) is 88.4 Å². The molecule has 0 nitrogen and oxygen atoms in total. The van der Waals surface area contributed by atoms with Crippen LogP contribution in [0.5, 0.6) is 0 Å². The van der Waals surface area contributed by atoms with E-state index in [1.807, 2.05) is 0 Å². The number of hydrogen-bond acceptors (Lipinski definition) is 0. The largest absolute Gasteiger partial charge is 0.0619 e. The molecule has 0 atom stereocenters. The van der Waals surface area contributed by atoms with Gasteiger partial charge < -0.3 is 0 Å². The quantitative estimate of drug-likeness (QED) is 0.305. The first-order chi connectivity index (χ1) is 13.4. The lowest BCUT2D eigenvalue weighted by Crippen LogP contribution is -2.16. The minimum Gasteiger partial charge on any atom is -0.0619 e. The Balaban J connectivity index is 1.74. The van der Waals surface area contributed by atoms with Crippen molar-refractivity contribution in [2.75, 3.05) is 0 Å². The number of fused-ring (bicyclic) bond motifs is 8. The highest BCUT2D eigenvalue weighted by atomic mass is 14.4. The molecule has 4 aromatic rings. The number of hydrogen-bond donors (Lipinski definition) is 0. The van der Waals surface area contributed by atoms with Crippen molar-refractivity contribution >= 4 is 10.8 Å². The van der Waals surface area contributed by atoms with Crippen molar-refractivity contribution in [2.24, 2.45) is 0 Å². The van der Waals surface area contributed by atoms with E-state index < -0.39 is 0 Å². The number of rotatable bonds is 0. The molecule has 0 heterocycles. The van der Waals surface area contributed by atoms with E-state index in [1.54, 1.807) is 0 Å². The lowest BCUT2D eigenvalue weighted by molar-refractivity contribution is 0.652. The normalized spacial score (nSPS) is 17.1. The molecule has 0 bridgehead atoms. The van der Waals surface area contributed by atoms with Crippen LogP contribution >= 0.6 is 0 Å². The summed E-state index contributed by atoms with van der Waals surface area (Å²) in [7, 11) is 0. The van der Waals surface area contributed by atoms with Crippen LogP contribution in [0, 0.1) is 0 Å². The predicted octanol–water partition coefficient (Wildman–Crippen LogP) is 7.45. The lowest BCUT2D eigenvalue weighted by Gasteiger charge is -2.24. The molecule has 136 valence electrons. The summed E-state index contributed by atoms with van der Waals surface area (Å²) in [5.41, 5.74) is 11.6. The average molecular weight is 361 g/mol. The third-order valence-corrected chi connectivity index (χ3v) is 7.27. The second-order valence-corrected chi connectivity index (χ2v) is 9.45. The predicted molar refractivity (Wildman–Crippen MR) is 119 cm³/mol. The molecular weight excluding hydrogens is 336 g/mol. The first kappa shape index (κ1) is 16.1. The van der Waals surface area contributed by atoms with Gasteiger partial charge >= 0.3 is 0 Å². The molecule has 6 rings (SSSR count). The summed E-state index contributed by atoms with van der Waals surface area (Å²) < 4.78 is 0. The fourth-order valence-corrected chi connectivity index (χ4v) is 5.70. The van der Waals surface area contributed by atoms with Crippen molar-refractivity contribution in [3.8, 4) is 22.3 Å². The lowest BCUT2D eigenvalue weighted by atomic mass is 9.79. The Labute approximate surface area is 166 Å². The van der Waals surface area contributed by atoms with Crippen LogP contribution in [0.4, 0.5) is 0 Å². The Morgan fingerprint density at radius 3 is 2.00 bits per heavy atom. The molecule has 28 heavy (non-hydrogen) atoms. The van der Waals surface area contributed by atoms with Crippen molar-refractivity contribution < 1.29 is 0 Å². The summed E-state index contributed by atoms with van der Waals surface area (Å²) in [4.78, 5) is 0. The van der Waals surface area contributed by atoms with Crippen molar-refractivity contribution in [3.63, 3.8) is 0 Å². The van der Waals surface area contributed by atoms with Gasteiger partial charge in [-0.2, -0.15) is 0 Å². The molecule has 0 N–H and O–H groups in total. The number of benzene rings is 4. The van der Waals surface area contributed by atoms with Crippen LogP contribution in [-0.4, -0.2) is 0 Å². The monoisotopic (exact) mass is 360 g/mol. The molecule has 0 radical (unpaired) electrons. The molecule has 0 aromatic heterocycles. The second kappa shape index (κ2) is 4.94. The van der Waals surface area contributed by atoms with Gasteiger partial charge in [0, 0.05) is 10.8 Å². The highest BCUT2D eigenvalue weighted by Gasteiger charge is 2.41. The fraction of sp³-hybridized carbons (Fsp3) is 0.214. The Kier molecular flexibility index (Phi) is 2.85. The molecule has 4 aromatic carbocycles. The molecule has 0 unspecified atom stereocenters. The van der Waals surface area contributed by atoms with Crippen LogP contribution in [-0.2, 0) is 10.8 Å². The van der Waals surface area contributed by atoms with E-state index in [2.05, 4.69) is 100 Å². The van der Waals surface area contributed by atoms with Gasteiger partial charge in [-0.15, -0.1) is 0 Å². The molecule has 0 saturated heterocycles. The third kappa shape index (κ3) is 1.77. The third-order valence-electron chi connectivity index (χ3n) is 7.27. The van der Waals surface area contributed by atoms with Crippen LogP contribution < -0.4 is 0 Å². The smallest absolute Gasteiger partial charge is 0.0159 e. The topological polar surface area (TPSA) is 0 Å². The summed E-state index contributed by atoms with van der Waals surface area (Å²) >= 11 is 0. The van der Waals surface area contributed by atoms with Crippen molar-refractivity contribution in [2.45, 2.75) is 38.5 Å². The second-order valence-electron chi connectivity index (χ2n) is 9.45. The van der Waals surface area contributed by atoms with E-state index in [9.17, 15) is 0 Å². The van der Waals surface area contributed by atoms with Gasteiger partial charge in [0.25, 0.3) is 0 Å². The summed E-state index contributed by atoms with van der Waals surface area (Å²) in [5.74, 6) is 0. The molecule has 0 amide bonds. The summed E-state index contributed by atoms with van der Waals surface area (Å²) in [6.45, 7) is 9.50. The van der Waals surface area contributed by atoms with Crippen LogP contribution in [0.3, 0.4) is 0 Å². The van der Waals surface area contributed by atoms with Gasteiger partial charge in [0.05, 0.1) is 0 Å². The van der Waals surface area contributed by atoms with E-state index in [4.69, 9.17) is 0 Å². The van der Waals surface area contributed by atoms with Crippen molar-refractivity contribution in [1.82, 2.24) is 0 Å². The molecule has 2 aliphatic rings. The molecule has 2 aliphatic carbocycles. The Morgan fingerprint density at radius 2 is 1.14 bits per heavy atom. The van der Waals surface area contributed by atoms with E-state index in [0.717, 1.165) is 0 Å². The molecule has 0 fully saturated rings. The standard InChI is InChI=1S/C28H24/c1-27(2)22-12-8-7-11-19(22)20-15-25-21(16-24(20)27)26-18-10-6-5-9-17(18)13-14-23(26)28(25,3)4/h5-16H,1-4H3. The Morgan fingerprint density at radius 1 is 0.500 bits per heavy atom. The first-order valence-electron chi connectivity index (χ1n) is 10.2. The van der Waals surface area contributed by atoms with Gasteiger partial charge in [0.1, 0.15) is 0 Å². The molecule has 0 saturated carbocycles. The Bertz CT molecular complexity index is 1300. The maximum absolute atomic E-state index is 2.50. The van der Waals surface area contributed by atoms with E-state index in [0.29, 0.717) is 0 Å². The highest BCUT2D eigenvalue weighted by molar-refractivity contribution is 6.03. The minimum atomic E-state index is 0.0193. The zero-order valence-corrected chi connectivity index (χ0v) is 16.9. The van der Waals surface area contributed by atoms with Crippen molar-refractivity contribution in [3.05, 3.63) is 95.1 Å². The van der Waals surface area contributed by atoms with Crippen LogP contribution in [0.1, 0.15) is 49.9 Å². The summed E-state index contributed by atoms with van der Waals surface area (Å²) in [6.07, 6.45) is 0. The van der Waals surface area contributed by atoms with E-state index >= 15 is 0 Å². The Hall–Kier alpha value is -2.86. The van der Waals surface area contributed by atoms with Crippen LogP contribution in [0.25, 0.3) is 33.0 Å². The zero-order valence-electron chi connectivity index (χ0n) is 16.9. The molecular formula is C28H24. The zero-order chi connectivity index (χ0) is 19.3. The summed E-state index contributed by atoms with van der Waals surface area (Å²) in [6, 6.07) is 27.4. The fourth-order valence-electron chi connectivity index (χ4n) is 5.70. The van der Waals surface area contributed by atoms with E-state index in [-0.39, 0.29) is 10.8 Å². The van der Waals surface area contributed by atoms with Crippen molar-refractivity contribution in [1.29, 1.82) is 0 Å². The maximum atomic E-state index is 2.50. The minimum absolute atomic E-state index is 0.0193. The maximum Gasteiger partial charge on any atom is 0.0159 e. The van der Waals surface area contributed by atoms with Gasteiger partial charge in [-0.3, -0.25) is 0 Å². The van der Waals surface area contributed by atoms with Gasteiger partial charge in [-0.05, 0) is 67.4 Å². The first-order valence-corrected chi connectivity index (χ1v) is 10.2. The average Bonchev–Trinajstić information content (AvgIpc) is 3.07. The van der Waals surface area contributed by atoms with Gasteiger partial charge in [0.2, 0.25) is 0 Å². The van der Waals surface area contributed by atoms with Gasteiger partial charge in [-0.25, -0.2) is 0 Å². The van der Waals surface area contributed by atoms with Crippen LogP contribution in [0.15, 0.2) is 72.8 Å². The van der Waals surface area contributed by atoms with Gasteiger partial charge in [0.15, 0.2) is 0 Å². The molecule has 0 spiro atoms.